The molecule has 0 saturated heterocycles. The van der Waals surface area contributed by atoms with Crippen LogP contribution in [0.5, 0.6) is 0 Å². The van der Waals surface area contributed by atoms with E-state index in [1.807, 2.05) is 24.1 Å². The van der Waals surface area contributed by atoms with Gasteiger partial charge in [0.15, 0.2) is 0 Å². The Morgan fingerprint density at radius 2 is 1.58 bits per heavy atom. The first-order chi connectivity index (χ1) is 17.5. The van der Waals surface area contributed by atoms with E-state index >= 15 is 0 Å². The van der Waals surface area contributed by atoms with E-state index in [1.54, 1.807) is 0 Å². The van der Waals surface area contributed by atoms with E-state index in [0.717, 1.165) is 44.0 Å². The molecule has 1 unspecified atom stereocenters. The van der Waals surface area contributed by atoms with Crippen LogP contribution in [0.3, 0.4) is 0 Å². The summed E-state index contributed by atoms with van der Waals surface area (Å²) in [6, 6.07) is 0.256. The van der Waals surface area contributed by atoms with Crippen molar-refractivity contribution in [3.63, 3.8) is 0 Å². The van der Waals surface area contributed by atoms with Crippen molar-refractivity contribution in [2.45, 2.75) is 57.8 Å². The number of carboxylic acid groups (broad SMARTS) is 2. The van der Waals surface area contributed by atoms with E-state index in [0.29, 0.717) is 6.54 Å². The number of aryl methyl sites for hydroxylation is 1. The van der Waals surface area contributed by atoms with Crippen molar-refractivity contribution in [1.29, 1.82) is 0 Å². The number of nitrogens with one attached hydrogen (secondary N) is 1. The molecule has 0 radical (unpaired) electrons. The predicted octanol–water partition coefficient (Wildman–Crippen LogP) is 2.49. The van der Waals surface area contributed by atoms with Crippen molar-refractivity contribution in [2.24, 2.45) is 13.0 Å². The fourth-order valence-corrected chi connectivity index (χ4v) is 3.42. The Morgan fingerprint density at radius 3 is 2.03 bits per heavy atom. The minimum Gasteiger partial charge on any atom is -0.475 e. The van der Waals surface area contributed by atoms with Crippen LogP contribution in [0.25, 0.3) is 0 Å². The number of aromatic nitrogens is 4. The lowest BCUT2D eigenvalue weighted by molar-refractivity contribution is -0.193. The monoisotopic (exact) mass is 556 g/mol. The minimum atomic E-state index is -5.08. The van der Waals surface area contributed by atoms with Crippen LogP contribution in [0.4, 0.5) is 26.3 Å². The number of hydrogen-bond acceptors (Lipinski definition) is 6. The minimum absolute atomic E-state index is 0.188. The molecule has 3 heterocycles. The summed E-state index contributed by atoms with van der Waals surface area (Å²) in [5.74, 6) is -3.99. The molecule has 1 aliphatic heterocycles. The molecule has 17 heteroatoms. The van der Waals surface area contributed by atoms with E-state index < -0.39 is 24.3 Å². The summed E-state index contributed by atoms with van der Waals surface area (Å²) >= 11 is 0. The van der Waals surface area contributed by atoms with Gasteiger partial charge in [0.25, 0.3) is 0 Å². The van der Waals surface area contributed by atoms with Gasteiger partial charge in [0.05, 0.1) is 30.7 Å². The number of halogens is 6. The molecule has 2 aromatic heterocycles. The van der Waals surface area contributed by atoms with Gasteiger partial charge in [-0.3, -0.25) is 14.4 Å². The van der Waals surface area contributed by atoms with Gasteiger partial charge in [-0.2, -0.15) is 31.4 Å². The Kier molecular flexibility index (Phi) is 9.88. The number of carboxylic acids is 2. The predicted molar refractivity (Wildman–Crippen MR) is 116 cm³/mol. The van der Waals surface area contributed by atoms with Crippen LogP contribution in [-0.4, -0.2) is 71.2 Å². The quantitative estimate of drug-likeness (QED) is 0.477. The van der Waals surface area contributed by atoms with Gasteiger partial charge in [0.2, 0.25) is 5.91 Å². The number of carbonyl (C=O) groups is 3. The summed E-state index contributed by atoms with van der Waals surface area (Å²) < 4.78 is 67.6. The highest BCUT2D eigenvalue weighted by Crippen LogP contribution is 2.29. The number of imidazole rings is 1. The Balaban J connectivity index is 0.000000301. The number of carbonyl (C=O) groups excluding carboxylic acids is 1. The maximum Gasteiger partial charge on any atom is 0.490 e. The van der Waals surface area contributed by atoms with Crippen molar-refractivity contribution in [3.05, 3.63) is 35.7 Å². The lowest BCUT2D eigenvalue weighted by atomic mass is 10.2. The van der Waals surface area contributed by atoms with Gasteiger partial charge in [-0.25, -0.2) is 14.6 Å². The van der Waals surface area contributed by atoms with Gasteiger partial charge in [0.1, 0.15) is 5.82 Å². The van der Waals surface area contributed by atoms with E-state index in [-0.39, 0.29) is 17.9 Å². The third-order valence-electron chi connectivity index (χ3n) is 5.52. The molecule has 0 spiro atoms. The van der Waals surface area contributed by atoms with Crippen molar-refractivity contribution in [3.8, 4) is 0 Å². The average molecular weight is 556 g/mol. The summed E-state index contributed by atoms with van der Waals surface area (Å²) in [4.78, 5) is 36.7. The van der Waals surface area contributed by atoms with Crippen LogP contribution >= 0.6 is 0 Å². The summed E-state index contributed by atoms with van der Waals surface area (Å²) in [6.07, 6.45) is -2.20. The molecule has 1 fully saturated rings. The molecule has 212 valence electrons. The first-order valence-corrected chi connectivity index (χ1v) is 11.1. The SMILES string of the molecule is CC1c2ncc(CNC(=O)C3CC3)n2CCN1Cc1cnn(C)c1.O=C(O)C(F)(F)F.O=C(O)C(F)(F)F. The van der Waals surface area contributed by atoms with Crippen molar-refractivity contribution in [1.82, 2.24) is 29.5 Å². The zero-order valence-corrected chi connectivity index (χ0v) is 20.3. The lowest BCUT2D eigenvalue weighted by Crippen LogP contribution is -2.37. The van der Waals surface area contributed by atoms with Crippen LogP contribution < -0.4 is 5.32 Å². The number of aliphatic carboxylic acids is 2. The highest BCUT2D eigenvalue weighted by Gasteiger charge is 2.39. The van der Waals surface area contributed by atoms with Gasteiger partial charge < -0.3 is 20.1 Å². The molecule has 11 nitrogen and oxygen atoms in total. The van der Waals surface area contributed by atoms with Crippen molar-refractivity contribution >= 4 is 17.8 Å². The molecule has 1 aliphatic carbocycles. The molecule has 0 bridgehead atoms. The van der Waals surface area contributed by atoms with E-state index in [9.17, 15) is 31.1 Å². The Hall–Kier alpha value is -3.63. The Labute approximate surface area is 212 Å². The molecule has 2 aromatic rings. The van der Waals surface area contributed by atoms with Gasteiger partial charge in [-0.05, 0) is 19.8 Å². The van der Waals surface area contributed by atoms with Gasteiger partial charge in [-0.1, -0.05) is 0 Å². The zero-order valence-electron chi connectivity index (χ0n) is 20.3. The number of hydrogen-bond donors (Lipinski definition) is 3. The average Bonchev–Trinajstić information content (AvgIpc) is 3.45. The van der Waals surface area contributed by atoms with Crippen LogP contribution in [0.2, 0.25) is 0 Å². The molecule has 3 N–H and O–H groups in total. The standard InChI is InChI=1S/C17H24N6O.2C2HF3O2/c1-12-16-18-8-15(9-19-17(24)14-3-4-14)23(16)6-5-22(12)11-13-7-20-21(2)10-13;2*3-2(4,5)1(6)7/h7-8,10,12,14H,3-6,9,11H2,1-2H3,(H,19,24);2*(H,6,7). The fraction of sp³-hybridized carbons (Fsp3) is 0.571. The van der Waals surface area contributed by atoms with Gasteiger partial charge >= 0.3 is 24.3 Å². The molecule has 1 atom stereocenters. The van der Waals surface area contributed by atoms with Crippen molar-refractivity contribution < 1.29 is 50.9 Å². The second kappa shape index (κ2) is 12.3. The third-order valence-corrected chi connectivity index (χ3v) is 5.52. The highest BCUT2D eigenvalue weighted by molar-refractivity contribution is 5.80. The van der Waals surface area contributed by atoms with E-state index in [2.05, 4.69) is 38.0 Å². The molecule has 2 aliphatic rings. The van der Waals surface area contributed by atoms with E-state index in [4.69, 9.17) is 19.8 Å². The number of fused-ring (bicyclic) bond motifs is 1. The third kappa shape index (κ3) is 9.04. The van der Waals surface area contributed by atoms with E-state index in [1.165, 1.54) is 5.56 Å². The largest absolute Gasteiger partial charge is 0.490 e. The van der Waals surface area contributed by atoms with Gasteiger partial charge in [-0.15, -0.1) is 0 Å². The van der Waals surface area contributed by atoms with Crippen LogP contribution in [0.1, 0.15) is 42.9 Å². The molecular formula is C21H26F6N6O5. The summed E-state index contributed by atoms with van der Waals surface area (Å²) in [5.41, 5.74) is 2.33. The first kappa shape index (κ1) is 30.6. The molecule has 1 saturated carbocycles. The summed E-state index contributed by atoms with van der Waals surface area (Å²) in [6.45, 7) is 5.55. The summed E-state index contributed by atoms with van der Waals surface area (Å²) in [5, 5.41) is 21.5. The Morgan fingerprint density at radius 1 is 1.03 bits per heavy atom. The van der Waals surface area contributed by atoms with Crippen LogP contribution in [-0.2, 0) is 41.1 Å². The highest BCUT2D eigenvalue weighted by atomic mass is 19.4. The molecule has 4 rings (SSSR count). The first-order valence-electron chi connectivity index (χ1n) is 11.1. The van der Waals surface area contributed by atoms with Crippen LogP contribution in [0.15, 0.2) is 18.6 Å². The summed E-state index contributed by atoms with van der Waals surface area (Å²) in [7, 11) is 1.94. The zero-order chi connectivity index (χ0) is 28.8. The number of alkyl halides is 6. The number of rotatable bonds is 5. The number of amides is 1. The smallest absolute Gasteiger partial charge is 0.475 e. The second-order valence-corrected chi connectivity index (χ2v) is 8.53. The van der Waals surface area contributed by atoms with Crippen LogP contribution in [0, 0.1) is 5.92 Å². The van der Waals surface area contributed by atoms with Gasteiger partial charge in [0, 0.05) is 44.4 Å². The fourth-order valence-electron chi connectivity index (χ4n) is 3.42. The lowest BCUT2D eigenvalue weighted by Gasteiger charge is -2.34. The number of nitrogens with zero attached hydrogens (tertiary/aromatic N) is 5. The molecule has 38 heavy (non-hydrogen) atoms. The molecule has 1 amide bonds. The maximum atomic E-state index is 11.8. The molecular weight excluding hydrogens is 530 g/mol. The molecule has 0 aromatic carbocycles. The second-order valence-electron chi connectivity index (χ2n) is 8.53. The Bertz CT molecular complexity index is 1100. The van der Waals surface area contributed by atoms with Crippen molar-refractivity contribution in [2.75, 3.05) is 6.54 Å². The normalized spacial score (nSPS) is 17.3. The maximum absolute atomic E-state index is 11.8. The topological polar surface area (TPSA) is 143 Å².